The third-order valence-electron chi connectivity index (χ3n) is 3.96. The van der Waals surface area contributed by atoms with Gasteiger partial charge in [0.1, 0.15) is 16.4 Å². The van der Waals surface area contributed by atoms with Crippen molar-refractivity contribution in [1.82, 2.24) is 4.72 Å². The average Bonchev–Trinajstić information content (AvgIpc) is 3.45. The number of anilines is 1. The first-order valence-corrected chi connectivity index (χ1v) is 9.57. The van der Waals surface area contributed by atoms with Crippen LogP contribution in [0.15, 0.2) is 47.4 Å². The Morgan fingerprint density at radius 3 is 2.31 bits per heavy atom. The van der Waals surface area contributed by atoms with Crippen LogP contribution in [0, 0.1) is 0 Å². The number of hydrogen-bond acceptors (Lipinski definition) is 5. The second kappa shape index (κ2) is 7.35. The molecule has 7 nitrogen and oxygen atoms in total. The lowest BCUT2D eigenvalue weighted by Crippen LogP contribution is -2.26. The van der Waals surface area contributed by atoms with Crippen molar-refractivity contribution in [2.45, 2.75) is 23.8 Å². The van der Waals surface area contributed by atoms with Crippen molar-refractivity contribution >= 4 is 21.6 Å². The number of sulfonamides is 1. The van der Waals surface area contributed by atoms with Crippen LogP contribution in [0.2, 0.25) is 0 Å². The maximum Gasteiger partial charge on any atom is 0.255 e. The molecule has 0 bridgehead atoms. The molecule has 1 amide bonds. The Balaban J connectivity index is 1.84. The van der Waals surface area contributed by atoms with Gasteiger partial charge in [0, 0.05) is 17.3 Å². The maximum atomic E-state index is 12.5. The molecule has 1 saturated carbocycles. The van der Waals surface area contributed by atoms with Crippen LogP contribution in [0.4, 0.5) is 5.69 Å². The van der Waals surface area contributed by atoms with E-state index in [1.807, 2.05) is 0 Å². The van der Waals surface area contributed by atoms with Gasteiger partial charge in [0.25, 0.3) is 5.91 Å². The van der Waals surface area contributed by atoms with E-state index in [1.165, 1.54) is 25.3 Å². The molecule has 2 aromatic carbocycles. The van der Waals surface area contributed by atoms with Crippen molar-refractivity contribution in [3.63, 3.8) is 0 Å². The molecule has 0 atom stereocenters. The van der Waals surface area contributed by atoms with E-state index in [0.29, 0.717) is 11.4 Å². The van der Waals surface area contributed by atoms with Gasteiger partial charge in [-0.15, -0.1) is 0 Å². The van der Waals surface area contributed by atoms with E-state index in [-0.39, 0.29) is 22.3 Å². The Bertz CT molecular complexity index is 906. The molecule has 2 aromatic rings. The second-order valence-corrected chi connectivity index (χ2v) is 7.63. The van der Waals surface area contributed by atoms with E-state index in [9.17, 15) is 13.2 Å². The second-order valence-electron chi connectivity index (χ2n) is 5.94. The first kappa shape index (κ1) is 18.2. The highest BCUT2D eigenvalue weighted by molar-refractivity contribution is 7.89. The van der Waals surface area contributed by atoms with E-state index >= 15 is 0 Å². The number of carbonyl (C=O) groups is 1. The minimum Gasteiger partial charge on any atom is -0.497 e. The lowest BCUT2D eigenvalue weighted by molar-refractivity contribution is 0.102. The van der Waals surface area contributed by atoms with Crippen molar-refractivity contribution in [1.29, 1.82) is 0 Å². The van der Waals surface area contributed by atoms with Crippen LogP contribution in [-0.2, 0) is 10.0 Å². The largest absolute Gasteiger partial charge is 0.497 e. The van der Waals surface area contributed by atoms with Gasteiger partial charge in [0.15, 0.2) is 0 Å². The summed E-state index contributed by atoms with van der Waals surface area (Å²) in [7, 11) is -0.800. The number of benzene rings is 2. The van der Waals surface area contributed by atoms with Crippen LogP contribution in [-0.4, -0.2) is 34.6 Å². The summed E-state index contributed by atoms with van der Waals surface area (Å²) in [5.74, 6) is 0.451. The Morgan fingerprint density at radius 1 is 1.04 bits per heavy atom. The van der Waals surface area contributed by atoms with Gasteiger partial charge in [-0.25, -0.2) is 13.1 Å². The van der Waals surface area contributed by atoms with Crippen molar-refractivity contribution in [2.75, 3.05) is 19.5 Å². The highest BCUT2D eigenvalue weighted by atomic mass is 32.2. The lowest BCUT2D eigenvalue weighted by Gasteiger charge is -2.12. The molecule has 138 valence electrons. The molecule has 0 unspecified atom stereocenters. The van der Waals surface area contributed by atoms with Crippen LogP contribution in [0.1, 0.15) is 23.2 Å². The number of rotatable bonds is 7. The third kappa shape index (κ3) is 4.14. The standard InChI is InChI=1S/C18H20N2O5S/c1-24-15-8-6-13(7-9-15)19-18(21)12-3-10-16(25-2)17(11-12)26(22,23)20-14-4-5-14/h3,6-11,14,20H,4-5H2,1-2H3,(H,19,21). The van der Waals surface area contributed by atoms with Crippen LogP contribution >= 0.6 is 0 Å². The van der Waals surface area contributed by atoms with Crippen molar-refractivity contribution in [3.05, 3.63) is 48.0 Å². The summed E-state index contributed by atoms with van der Waals surface area (Å²) in [6.45, 7) is 0. The van der Waals surface area contributed by atoms with Gasteiger partial charge < -0.3 is 14.8 Å². The van der Waals surface area contributed by atoms with Crippen LogP contribution in [0.5, 0.6) is 11.5 Å². The van der Waals surface area contributed by atoms with Crippen LogP contribution < -0.4 is 19.5 Å². The molecule has 0 radical (unpaired) electrons. The van der Waals surface area contributed by atoms with Gasteiger partial charge in [0.05, 0.1) is 14.2 Å². The lowest BCUT2D eigenvalue weighted by atomic mass is 10.2. The van der Waals surface area contributed by atoms with Crippen LogP contribution in [0.25, 0.3) is 0 Å². The monoisotopic (exact) mass is 376 g/mol. The fourth-order valence-corrected chi connectivity index (χ4v) is 3.89. The first-order chi connectivity index (χ1) is 12.4. The van der Waals surface area contributed by atoms with Crippen LogP contribution in [0.3, 0.4) is 0 Å². The molecule has 1 aliphatic rings. The topological polar surface area (TPSA) is 93.7 Å². The van der Waals surface area contributed by atoms with Gasteiger partial charge in [-0.05, 0) is 55.3 Å². The molecular weight excluding hydrogens is 356 g/mol. The van der Waals surface area contributed by atoms with E-state index in [2.05, 4.69) is 10.0 Å². The Labute approximate surface area is 152 Å². The number of amides is 1. The summed E-state index contributed by atoms with van der Waals surface area (Å²) in [6.07, 6.45) is 1.64. The zero-order chi connectivity index (χ0) is 18.7. The van der Waals surface area contributed by atoms with Crippen molar-refractivity contribution < 1.29 is 22.7 Å². The first-order valence-electron chi connectivity index (χ1n) is 8.09. The maximum absolute atomic E-state index is 12.5. The summed E-state index contributed by atoms with van der Waals surface area (Å²) < 4.78 is 37.9. The summed E-state index contributed by atoms with van der Waals surface area (Å²) in [5.41, 5.74) is 0.796. The average molecular weight is 376 g/mol. The summed E-state index contributed by atoms with van der Waals surface area (Å²) >= 11 is 0. The minimum atomic E-state index is -3.75. The van der Waals surface area contributed by atoms with Crippen molar-refractivity contribution in [2.24, 2.45) is 0 Å². The van der Waals surface area contributed by atoms with Gasteiger partial charge >= 0.3 is 0 Å². The zero-order valence-electron chi connectivity index (χ0n) is 14.5. The number of methoxy groups -OCH3 is 2. The SMILES string of the molecule is COc1ccc(NC(=O)c2ccc(OC)c(S(=O)(=O)NC3CC3)c2)cc1. The molecule has 0 saturated heterocycles. The van der Waals surface area contributed by atoms with Gasteiger partial charge in [-0.3, -0.25) is 4.79 Å². The summed E-state index contributed by atoms with van der Waals surface area (Å²) in [5, 5.41) is 2.73. The molecule has 1 aliphatic carbocycles. The number of hydrogen-bond donors (Lipinski definition) is 2. The number of nitrogens with one attached hydrogen (secondary N) is 2. The molecule has 0 spiro atoms. The predicted octanol–water partition coefficient (Wildman–Crippen LogP) is 2.40. The Morgan fingerprint density at radius 2 is 1.73 bits per heavy atom. The Kier molecular flexibility index (Phi) is 5.15. The fraction of sp³-hybridized carbons (Fsp3) is 0.278. The van der Waals surface area contributed by atoms with E-state index in [4.69, 9.17) is 9.47 Å². The highest BCUT2D eigenvalue weighted by Gasteiger charge is 2.30. The third-order valence-corrected chi connectivity index (χ3v) is 5.50. The highest BCUT2D eigenvalue weighted by Crippen LogP contribution is 2.28. The molecule has 0 heterocycles. The molecular formula is C18H20N2O5S. The number of carbonyl (C=O) groups excluding carboxylic acids is 1. The summed E-state index contributed by atoms with van der Waals surface area (Å²) in [6, 6.07) is 11.1. The predicted molar refractivity (Wildman–Crippen MR) is 97.3 cm³/mol. The molecule has 2 N–H and O–H groups in total. The fourth-order valence-electron chi connectivity index (χ4n) is 2.39. The van der Waals surface area contributed by atoms with Gasteiger partial charge in [0.2, 0.25) is 10.0 Å². The smallest absolute Gasteiger partial charge is 0.255 e. The number of ether oxygens (including phenoxy) is 2. The normalized spacial score (nSPS) is 13.9. The van der Waals surface area contributed by atoms with Gasteiger partial charge in [-0.2, -0.15) is 0 Å². The Hall–Kier alpha value is -2.58. The van der Waals surface area contributed by atoms with Gasteiger partial charge in [-0.1, -0.05) is 0 Å². The van der Waals surface area contributed by atoms with E-state index < -0.39 is 15.9 Å². The molecule has 8 heteroatoms. The molecule has 3 rings (SSSR count). The van der Waals surface area contributed by atoms with E-state index in [1.54, 1.807) is 31.4 Å². The molecule has 1 fully saturated rings. The molecule has 0 aliphatic heterocycles. The van der Waals surface area contributed by atoms with Crippen molar-refractivity contribution in [3.8, 4) is 11.5 Å². The molecule has 26 heavy (non-hydrogen) atoms. The quantitative estimate of drug-likeness (QED) is 0.774. The summed E-state index contributed by atoms with van der Waals surface area (Å²) in [4.78, 5) is 12.4. The minimum absolute atomic E-state index is 0.0403. The van der Waals surface area contributed by atoms with E-state index in [0.717, 1.165) is 12.8 Å². The zero-order valence-corrected chi connectivity index (χ0v) is 15.3. The molecule has 0 aromatic heterocycles.